The summed E-state index contributed by atoms with van der Waals surface area (Å²) < 4.78 is 9.92. The molecular weight excluding hydrogens is 140 g/mol. The maximum Gasteiger partial charge on any atom is 0.149 e. The molecule has 2 unspecified atom stereocenters. The van der Waals surface area contributed by atoms with Crippen molar-refractivity contribution in [3.63, 3.8) is 0 Å². The molecule has 1 rings (SSSR count). The first-order chi connectivity index (χ1) is 4.33. The fourth-order valence-electron chi connectivity index (χ4n) is 0.432. The molecule has 0 bridgehead atoms. The highest BCUT2D eigenvalue weighted by atomic mass is 35.5. The van der Waals surface area contributed by atoms with E-state index in [0.29, 0.717) is 6.61 Å². The average molecular weight is 149 g/mol. The van der Waals surface area contributed by atoms with Gasteiger partial charge in [-0.15, -0.1) is 0 Å². The molecule has 0 radical (unpaired) electrons. The van der Waals surface area contributed by atoms with Gasteiger partial charge in [0.05, 0.1) is 13.2 Å². The van der Waals surface area contributed by atoms with E-state index in [2.05, 4.69) is 6.58 Å². The second kappa shape index (κ2) is 3.20. The lowest BCUT2D eigenvalue weighted by Gasteiger charge is -2.02. The Morgan fingerprint density at radius 1 is 2.00 bits per heavy atom. The van der Waals surface area contributed by atoms with E-state index in [-0.39, 0.29) is 11.7 Å². The molecule has 1 saturated heterocycles. The summed E-state index contributed by atoms with van der Waals surface area (Å²) in [6, 6.07) is 0. The van der Waals surface area contributed by atoms with E-state index in [4.69, 9.17) is 21.1 Å². The van der Waals surface area contributed by atoms with Crippen molar-refractivity contribution in [1.82, 2.24) is 0 Å². The molecule has 0 saturated carbocycles. The number of epoxide rings is 1. The lowest BCUT2D eigenvalue weighted by Crippen LogP contribution is -2.06. The quantitative estimate of drug-likeness (QED) is 0.339. The number of ether oxygens (including phenoxy) is 2. The topological polar surface area (TPSA) is 21.8 Å². The first kappa shape index (κ1) is 7.06. The summed E-state index contributed by atoms with van der Waals surface area (Å²) >= 11 is 5.54. The summed E-state index contributed by atoms with van der Waals surface area (Å²) in [5.41, 5.74) is -0.366. The molecule has 9 heavy (non-hydrogen) atoms. The van der Waals surface area contributed by atoms with Crippen LogP contribution in [0.1, 0.15) is 0 Å². The molecule has 0 amide bonds. The summed E-state index contributed by atoms with van der Waals surface area (Å²) in [6.45, 7) is 4.85. The maximum absolute atomic E-state index is 5.54. The predicted molar refractivity (Wildman–Crippen MR) is 35.5 cm³/mol. The Morgan fingerprint density at radius 2 is 2.67 bits per heavy atom. The molecule has 2 atom stereocenters. The summed E-state index contributed by atoms with van der Waals surface area (Å²) in [5, 5.41) is 0. The summed E-state index contributed by atoms with van der Waals surface area (Å²) in [6.07, 6.45) is 1.83. The fraction of sp³-hybridized carbons (Fsp3) is 0.667. The van der Waals surface area contributed by atoms with E-state index in [1.807, 2.05) is 0 Å². The van der Waals surface area contributed by atoms with Crippen molar-refractivity contribution in [2.75, 3.05) is 13.2 Å². The molecule has 0 spiro atoms. The zero-order chi connectivity index (χ0) is 6.69. The van der Waals surface area contributed by atoms with Gasteiger partial charge in [-0.05, 0) is 6.08 Å². The largest absolute Gasteiger partial charge is 0.371 e. The van der Waals surface area contributed by atoms with Gasteiger partial charge in [-0.1, -0.05) is 18.2 Å². The minimum Gasteiger partial charge on any atom is -0.371 e. The molecule has 1 fully saturated rings. The van der Waals surface area contributed by atoms with Crippen molar-refractivity contribution < 1.29 is 9.47 Å². The molecule has 3 heteroatoms. The van der Waals surface area contributed by atoms with Crippen LogP contribution in [0.2, 0.25) is 0 Å². The SMILES string of the molecule is C=CC(Cl)OCC1CO1. The van der Waals surface area contributed by atoms with E-state index in [9.17, 15) is 0 Å². The van der Waals surface area contributed by atoms with Crippen molar-refractivity contribution in [3.8, 4) is 0 Å². The van der Waals surface area contributed by atoms with Gasteiger partial charge in [-0.2, -0.15) is 0 Å². The average Bonchev–Trinajstić information content (AvgIpc) is 2.65. The van der Waals surface area contributed by atoms with Crippen molar-refractivity contribution in [2.24, 2.45) is 0 Å². The van der Waals surface area contributed by atoms with Crippen LogP contribution in [-0.2, 0) is 9.47 Å². The Balaban J connectivity index is 1.95. The molecule has 0 aliphatic carbocycles. The molecule has 0 aromatic rings. The van der Waals surface area contributed by atoms with Gasteiger partial charge < -0.3 is 9.47 Å². The lowest BCUT2D eigenvalue weighted by molar-refractivity contribution is 0.117. The number of hydrogen-bond donors (Lipinski definition) is 0. The van der Waals surface area contributed by atoms with Gasteiger partial charge >= 0.3 is 0 Å². The van der Waals surface area contributed by atoms with Crippen LogP contribution in [-0.4, -0.2) is 24.9 Å². The van der Waals surface area contributed by atoms with Gasteiger partial charge in [0.25, 0.3) is 0 Å². The van der Waals surface area contributed by atoms with Crippen LogP contribution in [0.3, 0.4) is 0 Å². The van der Waals surface area contributed by atoms with Gasteiger partial charge in [0.1, 0.15) is 11.7 Å². The van der Waals surface area contributed by atoms with Gasteiger partial charge in [-0.25, -0.2) is 0 Å². The van der Waals surface area contributed by atoms with Crippen LogP contribution in [0.15, 0.2) is 12.7 Å². The Bertz CT molecular complexity index is 101. The summed E-state index contributed by atoms with van der Waals surface area (Å²) in [7, 11) is 0. The van der Waals surface area contributed by atoms with Gasteiger partial charge in [0.15, 0.2) is 0 Å². The van der Waals surface area contributed by atoms with Crippen molar-refractivity contribution in [2.45, 2.75) is 11.7 Å². The number of rotatable bonds is 4. The van der Waals surface area contributed by atoms with E-state index in [1.165, 1.54) is 0 Å². The number of alkyl halides is 1. The normalized spacial score (nSPS) is 27.4. The van der Waals surface area contributed by atoms with Crippen molar-refractivity contribution >= 4 is 11.6 Å². The van der Waals surface area contributed by atoms with Crippen molar-refractivity contribution in [3.05, 3.63) is 12.7 Å². The first-order valence-electron chi connectivity index (χ1n) is 2.83. The minimum atomic E-state index is -0.366. The second-order valence-electron chi connectivity index (χ2n) is 1.88. The molecule has 0 aromatic heterocycles. The van der Waals surface area contributed by atoms with Crippen LogP contribution in [0, 0.1) is 0 Å². The Kier molecular flexibility index (Phi) is 2.51. The van der Waals surface area contributed by atoms with Gasteiger partial charge in [0.2, 0.25) is 0 Å². The minimum absolute atomic E-state index is 0.284. The standard InChI is InChI=1S/C6H9ClO2/c1-2-6(7)9-4-5-3-8-5/h2,5-6H,1,3-4H2. The summed E-state index contributed by atoms with van der Waals surface area (Å²) in [4.78, 5) is 0. The Morgan fingerprint density at radius 3 is 3.11 bits per heavy atom. The number of halogens is 1. The molecule has 1 aliphatic rings. The molecule has 0 aromatic carbocycles. The Labute approximate surface area is 59.4 Å². The highest BCUT2D eigenvalue weighted by Crippen LogP contribution is 2.11. The predicted octanol–water partition coefficient (Wildman–Crippen LogP) is 1.15. The van der Waals surface area contributed by atoms with E-state index in [0.717, 1.165) is 6.61 Å². The zero-order valence-electron chi connectivity index (χ0n) is 5.05. The van der Waals surface area contributed by atoms with Crippen LogP contribution in [0.25, 0.3) is 0 Å². The summed E-state index contributed by atoms with van der Waals surface area (Å²) in [5.74, 6) is 0. The Hall–Kier alpha value is -0.0500. The van der Waals surface area contributed by atoms with Crippen LogP contribution in [0.4, 0.5) is 0 Å². The van der Waals surface area contributed by atoms with E-state index < -0.39 is 0 Å². The maximum atomic E-state index is 5.54. The molecule has 2 nitrogen and oxygen atoms in total. The van der Waals surface area contributed by atoms with E-state index in [1.54, 1.807) is 6.08 Å². The molecule has 1 aliphatic heterocycles. The molecular formula is C6H9ClO2. The first-order valence-corrected chi connectivity index (χ1v) is 3.26. The van der Waals surface area contributed by atoms with Crippen molar-refractivity contribution in [1.29, 1.82) is 0 Å². The fourth-order valence-corrected chi connectivity index (χ4v) is 0.504. The zero-order valence-corrected chi connectivity index (χ0v) is 5.80. The van der Waals surface area contributed by atoms with Crippen LogP contribution >= 0.6 is 11.6 Å². The molecule has 1 heterocycles. The molecule has 0 N–H and O–H groups in total. The van der Waals surface area contributed by atoms with Gasteiger partial charge in [0, 0.05) is 0 Å². The van der Waals surface area contributed by atoms with Gasteiger partial charge in [-0.3, -0.25) is 0 Å². The third-order valence-corrected chi connectivity index (χ3v) is 1.33. The van der Waals surface area contributed by atoms with Crippen LogP contribution < -0.4 is 0 Å². The third-order valence-electron chi connectivity index (χ3n) is 1.03. The smallest absolute Gasteiger partial charge is 0.149 e. The second-order valence-corrected chi connectivity index (χ2v) is 2.31. The van der Waals surface area contributed by atoms with Crippen LogP contribution in [0.5, 0.6) is 0 Å². The lowest BCUT2D eigenvalue weighted by atomic mass is 10.5. The number of hydrogen-bond acceptors (Lipinski definition) is 2. The highest BCUT2D eigenvalue weighted by molar-refractivity contribution is 6.20. The monoisotopic (exact) mass is 148 g/mol. The molecule has 52 valence electrons. The van der Waals surface area contributed by atoms with E-state index >= 15 is 0 Å². The highest BCUT2D eigenvalue weighted by Gasteiger charge is 2.22. The third kappa shape index (κ3) is 2.84.